The number of benzene rings is 1. The van der Waals surface area contributed by atoms with Crippen molar-refractivity contribution in [1.82, 2.24) is 20.1 Å². The maximum atomic E-state index is 5.49. The number of anilines is 1. The third-order valence-corrected chi connectivity index (χ3v) is 5.75. The van der Waals surface area contributed by atoms with Crippen molar-refractivity contribution in [2.75, 3.05) is 64.4 Å². The van der Waals surface area contributed by atoms with Crippen molar-refractivity contribution >= 4 is 35.8 Å². The summed E-state index contributed by atoms with van der Waals surface area (Å²) >= 11 is 0. The number of aliphatic imine (C=N–C) groups is 1. The van der Waals surface area contributed by atoms with E-state index in [0.29, 0.717) is 0 Å². The van der Waals surface area contributed by atoms with Crippen molar-refractivity contribution in [2.45, 2.75) is 13.1 Å². The number of aromatic nitrogens is 1. The fraction of sp³-hybridized carbons (Fsp3) is 0.478. The molecule has 8 heteroatoms. The highest BCUT2D eigenvalue weighted by Crippen LogP contribution is 2.18. The van der Waals surface area contributed by atoms with Gasteiger partial charge in [-0.1, -0.05) is 36.4 Å². The summed E-state index contributed by atoms with van der Waals surface area (Å²) in [5, 5.41) is 3.56. The van der Waals surface area contributed by atoms with Crippen molar-refractivity contribution < 1.29 is 4.74 Å². The molecule has 0 radical (unpaired) electrons. The highest BCUT2D eigenvalue weighted by Gasteiger charge is 2.21. The maximum absolute atomic E-state index is 5.49. The Bertz CT molecular complexity index is 820. The lowest BCUT2D eigenvalue weighted by Gasteiger charge is -2.36. The van der Waals surface area contributed by atoms with E-state index in [9.17, 15) is 0 Å². The molecule has 31 heavy (non-hydrogen) atoms. The van der Waals surface area contributed by atoms with Gasteiger partial charge < -0.3 is 19.9 Å². The van der Waals surface area contributed by atoms with Gasteiger partial charge in [0.2, 0.25) is 0 Å². The van der Waals surface area contributed by atoms with Gasteiger partial charge in [-0.15, -0.1) is 24.0 Å². The molecule has 0 unspecified atom stereocenters. The van der Waals surface area contributed by atoms with Crippen molar-refractivity contribution in [3.63, 3.8) is 0 Å². The van der Waals surface area contributed by atoms with Gasteiger partial charge in [0.05, 0.1) is 13.2 Å². The fourth-order valence-corrected chi connectivity index (χ4v) is 4.09. The minimum absolute atomic E-state index is 0. The number of morpholine rings is 1. The van der Waals surface area contributed by atoms with Crippen LogP contribution in [0.1, 0.15) is 11.1 Å². The molecule has 2 aliphatic rings. The van der Waals surface area contributed by atoms with Crippen LogP contribution in [0.5, 0.6) is 0 Å². The zero-order valence-electron chi connectivity index (χ0n) is 18.2. The number of nitrogens with one attached hydrogen (secondary N) is 1. The van der Waals surface area contributed by atoms with E-state index in [1.54, 1.807) is 0 Å². The standard InChI is InChI=1S/C23H32N6O.HI/c1-24-23(29-12-10-27(11-13-29)19-20-6-3-2-4-7-20)26-18-21-8-5-9-25-22(21)28-14-16-30-17-15-28;/h2-9H,10-19H2,1H3,(H,24,26);1H. The maximum Gasteiger partial charge on any atom is 0.194 e. The first kappa shape index (κ1) is 23.7. The first-order chi connectivity index (χ1) is 14.8. The number of ether oxygens (including phenoxy) is 1. The van der Waals surface area contributed by atoms with Crippen molar-refractivity contribution in [3.05, 3.63) is 59.8 Å². The molecule has 0 aliphatic carbocycles. The van der Waals surface area contributed by atoms with E-state index in [0.717, 1.165) is 77.3 Å². The molecule has 3 heterocycles. The molecule has 2 fully saturated rings. The number of rotatable bonds is 5. The number of hydrogen-bond acceptors (Lipinski definition) is 5. The number of nitrogens with zero attached hydrogens (tertiary/aromatic N) is 5. The Morgan fingerprint density at radius 2 is 1.74 bits per heavy atom. The third kappa shape index (κ3) is 6.54. The largest absolute Gasteiger partial charge is 0.378 e. The Kier molecular flexibility index (Phi) is 9.35. The normalized spacial score (nSPS) is 17.9. The number of guanidine groups is 1. The quantitative estimate of drug-likeness (QED) is 0.360. The van der Waals surface area contributed by atoms with Crippen LogP contribution in [0.15, 0.2) is 53.7 Å². The fourth-order valence-electron chi connectivity index (χ4n) is 4.09. The molecule has 168 valence electrons. The summed E-state index contributed by atoms with van der Waals surface area (Å²) in [5.41, 5.74) is 2.57. The Morgan fingerprint density at radius 1 is 1.00 bits per heavy atom. The van der Waals surface area contributed by atoms with Crippen LogP contribution >= 0.6 is 24.0 Å². The van der Waals surface area contributed by atoms with E-state index in [4.69, 9.17) is 4.74 Å². The molecule has 4 rings (SSSR count). The zero-order valence-corrected chi connectivity index (χ0v) is 20.6. The summed E-state index contributed by atoms with van der Waals surface area (Å²) in [7, 11) is 1.87. The van der Waals surface area contributed by atoms with Crippen molar-refractivity contribution in [2.24, 2.45) is 4.99 Å². The lowest BCUT2D eigenvalue weighted by atomic mass is 10.2. The van der Waals surface area contributed by atoms with Gasteiger partial charge in [-0.2, -0.15) is 0 Å². The van der Waals surface area contributed by atoms with Gasteiger partial charge in [0.1, 0.15) is 5.82 Å². The molecule has 0 saturated carbocycles. The Balaban J connectivity index is 0.00000272. The van der Waals surface area contributed by atoms with Crippen LogP contribution in [-0.4, -0.2) is 80.3 Å². The van der Waals surface area contributed by atoms with E-state index in [2.05, 4.69) is 66.4 Å². The van der Waals surface area contributed by atoms with E-state index in [1.807, 2.05) is 19.3 Å². The van der Waals surface area contributed by atoms with Crippen LogP contribution in [0, 0.1) is 0 Å². The summed E-state index contributed by atoms with van der Waals surface area (Å²) in [4.78, 5) is 16.4. The average molecular weight is 536 g/mol. The van der Waals surface area contributed by atoms with Crippen molar-refractivity contribution in [1.29, 1.82) is 0 Å². The molecule has 2 saturated heterocycles. The second-order valence-electron chi connectivity index (χ2n) is 7.74. The third-order valence-electron chi connectivity index (χ3n) is 5.75. The van der Waals surface area contributed by atoms with Crippen LogP contribution in [0.2, 0.25) is 0 Å². The second kappa shape index (κ2) is 12.2. The van der Waals surface area contributed by atoms with Crippen LogP contribution in [0.4, 0.5) is 5.82 Å². The molecule has 0 spiro atoms. The van der Waals surface area contributed by atoms with E-state index in [-0.39, 0.29) is 24.0 Å². The molecular weight excluding hydrogens is 503 g/mol. The highest BCUT2D eigenvalue weighted by atomic mass is 127. The van der Waals surface area contributed by atoms with Crippen LogP contribution in [-0.2, 0) is 17.8 Å². The molecule has 0 amide bonds. The number of piperazine rings is 1. The first-order valence-corrected chi connectivity index (χ1v) is 10.8. The van der Waals surface area contributed by atoms with Gasteiger partial charge in [-0.3, -0.25) is 9.89 Å². The summed E-state index contributed by atoms with van der Waals surface area (Å²) in [6, 6.07) is 14.9. The number of halogens is 1. The molecule has 1 aromatic heterocycles. The average Bonchev–Trinajstić information content (AvgIpc) is 2.82. The van der Waals surface area contributed by atoms with Gasteiger partial charge in [-0.25, -0.2) is 4.98 Å². The predicted molar refractivity (Wildman–Crippen MR) is 136 cm³/mol. The Morgan fingerprint density at radius 3 is 2.45 bits per heavy atom. The molecular formula is C23H33IN6O. The number of hydrogen-bond donors (Lipinski definition) is 1. The molecule has 2 aliphatic heterocycles. The molecule has 0 atom stereocenters. The topological polar surface area (TPSA) is 56.2 Å². The summed E-state index contributed by atoms with van der Waals surface area (Å²) in [5.74, 6) is 2.02. The van der Waals surface area contributed by atoms with Crippen LogP contribution in [0.25, 0.3) is 0 Å². The highest BCUT2D eigenvalue weighted by molar-refractivity contribution is 14.0. The monoisotopic (exact) mass is 536 g/mol. The Labute approximate surface area is 202 Å². The minimum atomic E-state index is 0. The van der Waals surface area contributed by atoms with Crippen LogP contribution < -0.4 is 10.2 Å². The lowest BCUT2D eigenvalue weighted by Crippen LogP contribution is -2.52. The minimum Gasteiger partial charge on any atom is -0.378 e. The SMILES string of the molecule is CN=C(NCc1cccnc1N1CCOCC1)N1CCN(Cc2ccccc2)CC1.I. The zero-order chi connectivity index (χ0) is 20.6. The predicted octanol–water partition coefficient (Wildman–Crippen LogP) is 2.43. The summed E-state index contributed by atoms with van der Waals surface area (Å²) < 4.78 is 5.49. The lowest BCUT2D eigenvalue weighted by molar-refractivity contribution is 0.122. The summed E-state index contributed by atoms with van der Waals surface area (Å²) in [6.07, 6.45) is 1.87. The first-order valence-electron chi connectivity index (χ1n) is 10.8. The van der Waals surface area contributed by atoms with Gasteiger partial charge in [0.15, 0.2) is 5.96 Å². The number of pyridine rings is 1. The summed E-state index contributed by atoms with van der Waals surface area (Å²) in [6.45, 7) is 9.09. The molecule has 1 aromatic carbocycles. The Hall–Kier alpha value is -1.91. The van der Waals surface area contributed by atoms with Gasteiger partial charge in [-0.05, 0) is 11.6 Å². The van der Waals surface area contributed by atoms with E-state index < -0.39 is 0 Å². The molecule has 7 nitrogen and oxygen atoms in total. The molecule has 1 N–H and O–H groups in total. The molecule has 0 bridgehead atoms. The van der Waals surface area contributed by atoms with Crippen LogP contribution in [0.3, 0.4) is 0 Å². The van der Waals surface area contributed by atoms with E-state index in [1.165, 1.54) is 11.1 Å². The van der Waals surface area contributed by atoms with Gasteiger partial charge >= 0.3 is 0 Å². The van der Waals surface area contributed by atoms with Gasteiger partial charge in [0.25, 0.3) is 0 Å². The van der Waals surface area contributed by atoms with Crippen molar-refractivity contribution in [3.8, 4) is 0 Å². The molecule has 2 aromatic rings. The van der Waals surface area contributed by atoms with Gasteiger partial charge in [0, 0.05) is 71.2 Å². The second-order valence-corrected chi connectivity index (χ2v) is 7.74. The smallest absolute Gasteiger partial charge is 0.194 e. The van der Waals surface area contributed by atoms with E-state index >= 15 is 0 Å².